The zero-order valence-corrected chi connectivity index (χ0v) is 12.5. The molecule has 2 rings (SSSR count). The van der Waals surface area contributed by atoms with Crippen LogP contribution in [-0.2, 0) is 4.79 Å². The highest BCUT2D eigenvalue weighted by molar-refractivity contribution is 9.10. The van der Waals surface area contributed by atoms with E-state index >= 15 is 0 Å². The number of nitrogens with two attached hydrogens (primary N) is 1. The van der Waals surface area contributed by atoms with Gasteiger partial charge < -0.3 is 10.6 Å². The molecule has 1 fully saturated rings. The number of likely N-dealkylation sites (tertiary alicyclic amines) is 1. The summed E-state index contributed by atoms with van der Waals surface area (Å²) in [5.41, 5.74) is 5.34. The van der Waals surface area contributed by atoms with Crippen LogP contribution in [0.3, 0.4) is 0 Å². The minimum Gasteiger partial charge on any atom is -0.369 e. The van der Waals surface area contributed by atoms with E-state index in [9.17, 15) is 9.59 Å². The van der Waals surface area contributed by atoms with Gasteiger partial charge in [-0.3, -0.25) is 9.59 Å². The van der Waals surface area contributed by atoms with Gasteiger partial charge in [0, 0.05) is 17.1 Å². The molecule has 2 N–H and O–H groups in total. The van der Waals surface area contributed by atoms with Crippen LogP contribution in [0.1, 0.15) is 29.4 Å². The zero-order valence-electron chi connectivity index (χ0n) is 10.1. The minimum atomic E-state index is -0.315. The first kappa shape index (κ1) is 13.5. The summed E-state index contributed by atoms with van der Waals surface area (Å²) < 4.78 is 0.811. The summed E-state index contributed by atoms with van der Waals surface area (Å²) in [5, 5.41) is 1.87. The standard InChI is InChI=1S/C12H15BrN2O2S/c1-7-2-3-8(11(14)16)6-15(7)12(17)10-9(13)4-5-18-10/h4-5,7-8H,2-3,6H2,1H3,(H2,14,16)/t7-,8-/m1/s1. The molecule has 1 aromatic heterocycles. The average molecular weight is 331 g/mol. The SMILES string of the molecule is C[C@@H]1CC[C@@H](C(N)=O)CN1C(=O)c1sccc1Br. The second kappa shape index (κ2) is 5.40. The monoisotopic (exact) mass is 330 g/mol. The van der Waals surface area contributed by atoms with Gasteiger partial charge in [-0.1, -0.05) is 0 Å². The Balaban J connectivity index is 2.18. The molecule has 0 aliphatic carbocycles. The molecule has 1 aliphatic rings. The van der Waals surface area contributed by atoms with Crippen molar-refractivity contribution in [2.75, 3.05) is 6.54 Å². The van der Waals surface area contributed by atoms with Crippen molar-refractivity contribution in [1.82, 2.24) is 4.90 Å². The van der Waals surface area contributed by atoms with Crippen LogP contribution in [-0.4, -0.2) is 29.3 Å². The summed E-state index contributed by atoms with van der Waals surface area (Å²) >= 11 is 4.78. The molecule has 0 spiro atoms. The maximum absolute atomic E-state index is 12.4. The third-order valence-electron chi connectivity index (χ3n) is 3.36. The fourth-order valence-electron chi connectivity index (χ4n) is 2.20. The van der Waals surface area contributed by atoms with E-state index in [0.29, 0.717) is 11.4 Å². The van der Waals surface area contributed by atoms with Crippen LogP contribution in [0.5, 0.6) is 0 Å². The normalized spacial score (nSPS) is 24.0. The Kier molecular flexibility index (Phi) is 4.07. The largest absolute Gasteiger partial charge is 0.369 e. The highest BCUT2D eigenvalue weighted by Crippen LogP contribution is 2.28. The van der Waals surface area contributed by atoms with Gasteiger partial charge in [0.2, 0.25) is 5.91 Å². The van der Waals surface area contributed by atoms with E-state index in [1.807, 2.05) is 18.4 Å². The Morgan fingerprint density at radius 3 is 2.78 bits per heavy atom. The molecule has 0 aromatic carbocycles. The molecule has 2 amide bonds. The van der Waals surface area contributed by atoms with Gasteiger partial charge in [0.1, 0.15) is 4.88 Å². The molecule has 0 bridgehead atoms. The summed E-state index contributed by atoms with van der Waals surface area (Å²) in [6.45, 7) is 2.44. The molecule has 4 nitrogen and oxygen atoms in total. The van der Waals surface area contributed by atoms with E-state index in [0.717, 1.165) is 17.3 Å². The number of nitrogens with zero attached hydrogens (tertiary/aromatic N) is 1. The Morgan fingerprint density at radius 2 is 2.22 bits per heavy atom. The molecule has 6 heteroatoms. The lowest BCUT2D eigenvalue weighted by atomic mass is 9.93. The lowest BCUT2D eigenvalue weighted by Gasteiger charge is -2.36. The second-order valence-electron chi connectivity index (χ2n) is 4.58. The summed E-state index contributed by atoms with van der Waals surface area (Å²) in [5.74, 6) is -0.552. The van der Waals surface area contributed by atoms with Crippen molar-refractivity contribution in [1.29, 1.82) is 0 Å². The summed E-state index contributed by atoms with van der Waals surface area (Å²) in [7, 11) is 0. The van der Waals surface area contributed by atoms with Gasteiger partial charge in [-0.05, 0) is 47.1 Å². The Bertz CT molecular complexity index is 474. The summed E-state index contributed by atoms with van der Waals surface area (Å²) in [6.07, 6.45) is 1.59. The van der Waals surface area contributed by atoms with Gasteiger partial charge in [0.15, 0.2) is 0 Å². The van der Waals surface area contributed by atoms with Gasteiger partial charge in [-0.15, -0.1) is 11.3 Å². The van der Waals surface area contributed by atoms with Crippen molar-refractivity contribution in [2.24, 2.45) is 11.7 Å². The first-order valence-corrected chi connectivity index (χ1v) is 7.51. The van der Waals surface area contributed by atoms with Crippen molar-refractivity contribution in [2.45, 2.75) is 25.8 Å². The Hall–Kier alpha value is -0.880. The Morgan fingerprint density at radius 1 is 1.50 bits per heavy atom. The maximum Gasteiger partial charge on any atom is 0.265 e. The quantitative estimate of drug-likeness (QED) is 0.903. The zero-order chi connectivity index (χ0) is 13.3. The van der Waals surface area contributed by atoms with Crippen LogP contribution >= 0.6 is 27.3 Å². The number of piperidine rings is 1. The molecular formula is C12H15BrN2O2S. The van der Waals surface area contributed by atoms with Crippen molar-refractivity contribution >= 4 is 39.1 Å². The smallest absolute Gasteiger partial charge is 0.265 e. The van der Waals surface area contributed by atoms with E-state index in [1.165, 1.54) is 11.3 Å². The number of carbonyl (C=O) groups is 2. The molecular weight excluding hydrogens is 316 g/mol. The number of amides is 2. The lowest BCUT2D eigenvalue weighted by molar-refractivity contribution is -0.123. The fourth-order valence-corrected chi connectivity index (χ4v) is 3.69. The first-order chi connectivity index (χ1) is 8.50. The third-order valence-corrected chi connectivity index (χ3v) is 5.18. The molecule has 18 heavy (non-hydrogen) atoms. The number of rotatable bonds is 2. The molecule has 2 atom stereocenters. The topological polar surface area (TPSA) is 63.4 Å². The third kappa shape index (κ3) is 2.59. The van der Waals surface area contributed by atoms with Crippen molar-refractivity contribution in [3.8, 4) is 0 Å². The molecule has 1 aromatic rings. The predicted molar refractivity (Wildman–Crippen MR) is 74.4 cm³/mol. The fraction of sp³-hybridized carbons (Fsp3) is 0.500. The highest BCUT2D eigenvalue weighted by Gasteiger charge is 2.33. The first-order valence-electron chi connectivity index (χ1n) is 5.84. The molecule has 98 valence electrons. The van der Waals surface area contributed by atoms with Gasteiger partial charge >= 0.3 is 0 Å². The number of thiophene rings is 1. The molecule has 0 saturated carbocycles. The number of carbonyl (C=O) groups excluding carboxylic acids is 2. The van der Waals surface area contributed by atoms with E-state index in [4.69, 9.17) is 5.73 Å². The second-order valence-corrected chi connectivity index (χ2v) is 6.35. The number of hydrogen-bond acceptors (Lipinski definition) is 3. The summed E-state index contributed by atoms with van der Waals surface area (Å²) in [6, 6.07) is 2.01. The molecule has 2 heterocycles. The van der Waals surface area contributed by atoms with Crippen LogP contribution in [0.15, 0.2) is 15.9 Å². The van der Waals surface area contributed by atoms with Crippen LogP contribution in [0, 0.1) is 5.92 Å². The van der Waals surface area contributed by atoms with Crippen LogP contribution in [0.2, 0.25) is 0 Å². The molecule has 0 unspecified atom stereocenters. The molecule has 1 saturated heterocycles. The molecule has 1 aliphatic heterocycles. The van der Waals surface area contributed by atoms with E-state index in [-0.39, 0.29) is 23.8 Å². The van der Waals surface area contributed by atoms with Gasteiger partial charge in [0.05, 0.1) is 5.92 Å². The minimum absolute atomic E-state index is 0.0182. The van der Waals surface area contributed by atoms with Crippen molar-refractivity contribution < 1.29 is 9.59 Å². The number of primary amides is 1. The van der Waals surface area contributed by atoms with E-state index in [1.54, 1.807) is 4.90 Å². The van der Waals surface area contributed by atoms with Crippen LogP contribution in [0.4, 0.5) is 0 Å². The van der Waals surface area contributed by atoms with Crippen LogP contribution in [0.25, 0.3) is 0 Å². The maximum atomic E-state index is 12.4. The summed E-state index contributed by atoms with van der Waals surface area (Å²) in [4.78, 5) is 26.1. The van der Waals surface area contributed by atoms with E-state index in [2.05, 4.69) is 15.9 Å². The van der Waals surface area contributed by atoms with Gasteiger partial charge in [0.25, 0.3) is 5.91 Å². The Labute approximate surface area is 118 Å². The van der Waals surface area contributed by atoms with Crippen LogP contribution < -0.4 is 5.73 Å². The average Bonchev–Trinajstić information content (AvgIpc) is 2.75. The highest BCUT2D eigenvalue weighted by atomic mass is 79.9. The lowest BCUT2D eigenvalue weighted by Crippen LogP contribution is -2.48. The number of hydrogen-bond donors (Lipinski definition) is 1. The predicted octanol–water partition coefficient (Wildman–Crippen LogP) is 2.24. The van der Waals surface area contributed by atoms with Gasteiger partial charge in [-0.25, -0.2) is 0 Å². The van der Waals surface area contributed by atoms with Crippen molar-refractivity contribution in [3.05, 3.63) is 20.8 Å². The molecule has 0 radical (unpaired) electrons. The number of halogens is 1. The van der Waals surface area contributed by atoms with E-state index < -0.39 is 0 Å². The van der Waals surface area contributed by atoms with Crippen molar-refractivity contribution in [3.63, 3.8) is 0 Å². The van der Waals surface area contributed by atoms with Gasteiger partial charge in [-0.2, -0.15) is 0 Å².